The first-order chi connectivity index (χ1) is 10.6. The topological polar surface area (TPSA) is 66.4 Å². The van der Waals surface area contributed by atoms with E-state index in [-0.39, 0.29) is 12.3 Å². The van der Waals surface area contributed by atoms with E-state index in [9.17, 15) is 9.59 Å². The van der Waals surface area contributed by atoms with Crippen LogP contribution >= 0.6 is 0 Å². The molecule has 1 amide bonds. The second kappa shape index (κ2) is 5.79. The lowest BCUT2D eigenvalue weighted by Gasteiger charge is -2.28. The Morgan fingerprint density at radius 3 is 2.41 bits per heavy atom. The average molecular weight is 297 g/mol. The van der Waals surface area contributed by atoms with Crippen LogP contribution in [0.3, 0.4) is 0 Å². The zero-order valence-corrected chi connectivity index (χ0v) is 12.3. The summed E-state index contributed by atoms with van der Waals surface area (Å²) >= 11 is 0. The number of amides is 1. The molecule has 3 rings (SSSR count). The van der Waals surface area contributed by atoms with Gasteiger partial charge in [0.15, 0.2) is 0 Å². The fraction of sp³-hybridized carbons (Fsp3) is 0.333. The largest absolute Gasteiger partial charge is 0.481 e. The average Bonchev–Trinajstić information content (AvgIpc) is 2.94. The Morgan fingerprint density at radius 1 is 1.05 bits per heavy atom. The smallest absolute Gasteiger partial charge is 0.305 e. The summed E-state index contributed by atoms with van der Waals surface area (Å²) in [6, 6.07) is 13.4. The van der Waals surface area contributed by atoms with Crippen LogP contribution in [0, 0.1) is 0 Å². The first kappa shape index (κ1) is 14.6. The highest BCUT2D eigenvalue weighted by atomic mass is 16.4. The highest BCUT2D eigenvalue weighted by Crippen LogP contribution is 2.33. The fourth-order valence-electron chi connectivity index (χ4n) is 3.33. The van der Waals surface area contributed by atoms with Gasteiger partial charge in [0.05, 0.1) is 12.0 Å². The maximum Gasteiger partial charge on any atom is 0.305 e. The molecule has 1 fully saturated rings. The summed E-state index contributed by atoms with van der Waals surface area (Å²) < 4.78 is 0. The Hall–Kier alpha value is -2.36. The van der Waals surface area contributed by atoms with E-state index >= 15 is 0 Å². The van der Waals surface area contributed by atoms with Crippen molar-refractivity contribution in [2.24, 2.45) is 0 Å². The van der Waals surface area contributed by atoms with E-state index in [1.165, 1.54) is 0 Å². The van der Waals surface area contributed by atoms with Crippen LogP contribution in [0.2, 0.25) is 0 Å². The molecule has 0 spiro atoms. The van der Waals surface area contributed by atoms with Crippen molar-refractivity contribution in [2.45, 2.75) is 37.6 Å². The molecule has 0 atom stereocenters. The standard InChI is InChI=1S/C18H19NO3/c20-16(21)12-18(9-3-4-10-18)19-17(22)15-8-7-13-5-1-2-6-14(13)11-15/h1-2,5-8,11H,3-4,9-10,12H2,(H,19,22)(H,20,21). The van der Waals surface area contributed by atoms with Crippen molar-refractivity contribution in [2.75, 3.05) is 0 Å². The van der Waals surface area contributed by atoms with Crippen LogP contribution in [0.4, 0.5) is 0 Å². The van der Waals surface area contributed by atoms with Crippen LogP contribution in [0.15, 0.2) is 42.5 Å². The molecule has 4 heteroatoms. The zero-order valence-electron chi connectivity index (χ0n) is 12.3. The Balaban J connectivity index is 1.83. The third-order valence-electron chi connectivity index (χ3n) is 4.44. The monoisotopic (exact) mass is 297 g/mol. The van der Waals surface area contributed by atoms with Gasteiger partial charge in [-0.15, -0.1) is 0 Å². The van der Waals surface area contributed by atoms with Crippen molar-refractivity contribution in [1.82, 2.24) is 5.32 Å². The van der Waals surface area contributed by atoms with Gasteiger partial charge in [-0.2, -0.15) is 0 Å². The molecule has 1 aliphatic rings. The molecule has 1 aliphatic carbocycles. The van der Waals surface area contributed by atoms with Gasteiger partial charge in [0.25, 0.3) is 5.91 Å². The lowest BCUT2D eigenvalue weighted by Crippen LogP contribution is -2.47. The lowest BCUT2D eigenvalue weighted by atomic mass is 9.92. The first-order valence-electron chi connectivity index (χ1n) is 7.61. The second-order valence-corrected chi connectivity index (χ2v) is 6.07. The third kappa shape index (κ3) is 2.96. The molecule has 0 bridgehead atoms. The molecule has 2 N–H and O–H groups in total. The molecular weight excluding hydrogens is 278 g/mol. The summed E-state index contributed by atoms with van der Waals surface area (Å²) in [5.74, 6) is -1.05. The number of carbonyl (C=O) groups excluding carboxylic acids is 1. The summed E-state index contributed by atoms with van der Waals surface area (Å²) in [5, 5.41) is 14.2. The number of nitrogens with one attached hydrogen (secondary N) is 1. The SMILES string of the molecule is O=C(O)CC1(NC(=O)c2ccc3ccccc3c2)CCCC1. The van der Waals surface area contributed by atoms with Crippen LogP contribution in [-0.2, 0) is 4.79 Å². The highest BCUT2D eigenvalue weighted by Gasteiger charge is 2.37. The number of hydrogen-bond acceptors (Lipinski definition) is 2. The lowest BCUT2D eigenvalue weighted by molar-refractivity contribution is -0.138. The number of aliphatic carboxylic acids is 1. The van der Waals surface area contributed by atoms with Gasteiger partial charge in [-0.3, -0.25) is 9.59 Å². The number of hydrogen-bond donors (Lipinski definition) is 2. The second-order valence-electron chi connectivity index (χ2n) is 6.07. The van der Waals surface area contributed by atoms with E-state index < -0.39 is 11.5 Å². The van der Waals surface area contributed by atoms with Gasteiger partial charge in [-0.25, -0.2) is 0 Å². The molecule has 22 heavy (non-hydrogen) atoms. The quantitative estimate of drug-likeness (QED) is 0.909. The van der Waals surface area contributed by atoms with Gasteiger partial charge in [0.2, 0.25) is 0 Å². The molecule has 0 radical (unpaired) electrons. The molecule has 0 aliphatic heterocycles. The molecule has 2 aromatic carbocycles. The van der Waals surface area contributed by atoms with Crippen LogP contribution in [0.5, 0.6) is 0 Å². The van der Waals surface area contributed by atoms with Gasteiger partial charge in [-0.05, 0) is 35.7 Å². The van der Waals surface area contributed by atoms with Crippen molar-refractivity contribution in [3.8, 4) is 0 Å². The Bertz CT molecular complexity index is 717. The molecule has 2 aromatic rings. The van der Waals surface area contributed by atoms with E-state index in [0.29, 0.717) is 5.56 Å². The summed E-state index contributed by atoms with van der Waals surface area (Å²) in [5.41, 5.74) is -0.00969. The van der Waals surface area contributed by atoms with E-state index in [1.54, 1.807) is 6.07 Å². The minimum Gasteiger partial charge on any atom is -0.481 e. The Labute approximate surface area is 129 Å². The molecule has 114 valence electrons. The van der Waals surface area contributed by atoms with Crippen molar-refractivity contribution in [3.05, 3.63) is 48.0 Å². The zero-order chi connectivity index (χ0) is 15.6. The third-order valence-corrected chi connectivity index (χ3v) is 4.44. The minimum atomic E-state index is -0.860. The maximum atomic E-state index is 12.5. The number of carboxylic acids is 1. The van der Waals surface area contributed by atoms with Gasteiger partial charge in [0, 0.05) is 5.56 Å². The maximum absolute atomic E-state index is 12.5. The van der Waals surface area contributed by atoms with E-state index in [1.807, 2.05) is 36.4 Å². The number of fused-ring (bicyclic) bond motifs is 1. The normalized spacial score (nSPS) is 16.5. The summed E-state index contributed by atoms with van der Waals surface area (Å²) in [6.07, 6.45) is 3.39. The van der Waals surface area contributed by atoms with Crippen molar-refractivity contribution in [1.29, 1.82) is 0 Å². The summed E-state index contributed by atoms with van der Waals surface area (Å²) in [7, 11) is 0. The number of carbonyl (C=O) groups is 2. The molecule has 0 saturated heterocycles. The Morgan fingerprint density at radius 2 is 1.73 bits per heavy atom. The molecule has 0 aromatic heterocycles. The Kier molecular flexibility index (Phi) is 3.84. The molecular formula is C18H19NO3. The first-order valence-corrected chi connectivity index (χ1v) is 7.61. The summed E-state index contributed by atoms with van der Waals surface area (Å²) in [4.78, 5) is 23.6. The van der Waals surface area contributed by atoms with Crippen molar-refractivity contribution < 1.29 is 14.7 Å². The molecule has 4 nitrogen and oxygen atoms in total. The minimum absolute atomic E-state index is 0.00762. The molecule has 1 saturated carbocycles. The predicted octanol–water partition coefficient (Wildman–Crippen LogP) is 3.36. The predicted molar refractivity (Wildman–Crippen MR) is 84.9 cm³/mol. The number of benzene rings is 2. The summed E-state index contributed by atoms with van der Waals surface area (Å²) in [6.45, 7) is 0. The molecule has 0 unspecified atom stereocenters. The van der Waals surface area contributed by atoms with E-state index in [2.05, 4.69) is 5.32 Å². The number of rotatable bonds is 4. The van der Waals surface area contributed by atoms with Crippen molar-refractivity contribution in [3.63, 3.8) is 0 Å². The van der Waals surface area contributed by atoms with Crippen LogP contribution in [-0.4, -0.2) is 22.5 Å². The van der Waals surface area contributed by atoms with Crippen molar-refractivity contribution >= 4 is 22.6 Å². The highest BCUT2D eigenvalue weighted by molar-refractivity contribution is 5.99. The van der Waals surface area contributed by atoms with Gasteiger partial charge >= 0.3 is 5.97 Å². The van der Waals surface area contributed by atoms with E-state index in [4.69, 9.17) is 5.11 Å². The van der Waals surface area contributed by atoms with Crippen LogP contribution < -0.4 is 5.32 Å². The van der Waals surface area contributed by atoms with Gasteiger partial charge < -0.3 is 10.4 Å². The molecule has 0 heterocycles. The van der Waals surface area contributed by atoms with Crippen LogP contribution in [0.1, 0.15) is 42.5 Å². The van der Waals surface area contributed by atoms with Crippen LogP contribution in [0.25, 0.3) is 10.8 Å². The van der Waals surface area contributed by atoms with Gasteiger partial charge in [0.1, 0.15) is 0 Å². The fourth-order valence-corrected chi connectivity index (χ4v) is 3.33. The van der Waals surface area contributed by atoms with Gasteiger partial charge in [-0.1, -0.05) is 43.2 Å². The number of carboxylic acid groups (broad SMARTS) is 1. The van der Waals surface area contributed by atoms with E-state index in [0.717, 1.165) is 36.5 Å².